The third kappa shape index (κ3) is 27.8. The van der Waals surface area contributed by atoms with Crippen LogP contribution in [0.15, 0.2) is 24.5 Å². The van der Waals surface area contributed by atoms with Crippen molar-refractivity contribution in [3.05, 3.63) is 30.1 Å². The number of rotatable bonds is 36. The molecular weight excluding hydrogens is 972 g/mol. The highest BCUT2D eigenvalue weighted by Crippen LogP contribution is 2.34. The number of carbonyl (C=O) groups is 3. The van der Waals surface area contributed by atoms with Crippen LogP contribution in [0.1, 0.15) is 99.0 Å². The molecule has 1 saturated heterocycles. The number of amides is 3. The third-order valence-corrected chi connectivity index (χ3v) is 11.7. The summed E-state index contributed by atoms with van der Waals surface area (Å²) < 4.78 is 83.5. The van der Waals surface area contributed by atoms with Crippen LogP contribution in [0, 0.1) is 0 Å². The number of alkyl halides is 3. The van der Waals surface area contributed by atoms with Gasteiger partial charge in [0, 0.05) is 62.2 Å². The van der Waals surface area contributed by atoms with Crippen molar-refractivity contribution in [2.24, 2.45) is 11.5 Å². The van der Waals surface area contributed by atoms with Crippen molar-refractivity contribution in [2.75, 3.05) is 131 Å². The Morgan fingerprint density at radius 1 is 0.716 bits per heavy atom. The van der Waals surface area contributed by atoms with Gasteiger partial charge >= 0.3 is 6.18 Å². The summed E-state index contributed by atoms with van der Waals surface area (Å²) in [7, 11) is 0. The fourth-order valence-electron chi connectivity index (χ4n) is 8.09. The summed E-state index contributed by atoms with van der Waals surface area (Å²) in [5.41, 5.74) is 9.06. The SMILES string of the molecule is CC(C)(C)NC1CCC(N2CCC(Nc3ncnc4ccc(C(F)(F)F)cc34)C2=O)CC1.CC(C)(COC(C)(C)CC(N)=O)OCCNC(=O)CCOCCOCCOCCNCCOCCOCCOCCN. The normalized spacial score (nSPS) is 17.6. The molecule has 424 valence electrons. The molecule has 1 aliphatic carbocycles. The van der Waals surface area contributed by atoms with Gasteiger partial charge in [0.1, 0.15) is 18.2 Å². The Bertz CT molecular complexity index is 1900. The summed E-state index contributed by atoms with van der Waals surface area (Å²) >= 11 is 0. The largest absolute Gasteiger partial charge is 0.416 e. The Labute approximate surface area is 436 Å². The van der Waals surface area contributed by atoms with Crippen LogP contribution < -0.4 is 32.7 Å². The van der Waals surface area contributed by atoms with Gasteiger partial charge in [-0.25, -0.2) is 9.97 Å². The van der Waals surface area contributed by atoms with E-state index >= 15 is 0 Å². The summed E-state index contributed by atoms with van der Waals surface area (Å²) in [6.45, 7) is 23.6. The standard InChI is InChI=1S/C28H58N4O10.C23H30F3N5O/c1-27(2,23-25(30)33)42-24-28(3,4)41-14-9-32-26(34)5-10-35-15-19-39-21-17-37-12-7-31-8-13-38-18-22-40-20-16-36-11-6-29;1-22(2,3)30-15-5-7-16(8-6-15)31-11-10-19(21(31)32)29-20-17-12-14(23(24,25)26)4-9-18(17)27-13-28-20/h31H,5-24,29H2,1-4H3,(H2,30,33)(H,32,34);4,9,12-13,15-16,19,30H,5-8,10-11H2,1-3H3,(H,27,28,29). The van der Waals surface area contributed by atoms with Gasteiger partial charge in [-0.1, -0.05) is 0 Å². The first-order chi connectivity index (χ1) is 35.1. The molecule has 0 spiro atoms. The van der Waals surface area contributed by atoms with Gasteiger partial charge in [-0.2, -0.15) is 13.2 Å². The Hall–Kier alpha value is -3.88. The van der Waals surface area contributed by atoms with E-state index in [1.165, 1.54) is 12.4 Å². The smallest absolute Gasteiger partial charge is 0.379 e. The van der Waals surface area contributed by atoms with Crippen molar-refractivity contribution >= 4 is 34.4 Å². The molecule has 1 aromatic heterocycles. The van der Waals surface area contributed by atoms with E-state index in [9.17, 15) is 27.6 Å². The van der Waals surface area contributed by atoms with E-state index in [4.69, 9.17) is 49.4 Å². The number of nitrogens with one attached hydrogen (secondary N) is 4. The molecule has 1 atom stereocenters. The van der Waals surface area contributed by atoms with Gasteiger partial charge in [0.25, 0.3) is 0 Å². The molecule has 2 aliphatic rings. The second-order valence-corrected chi connectivity index (χ2v) is 20.5. The molecule has 20 nitrogen and oxygen atoms in total. The van der Waals surface area contributed by atoms with Crippen molar-refractivity contribution in [3.63, 3.8) is 0 Å². The van der Waals surface area contributed by atoms with Crippen molar-refractivity contribution in [1.82, 2.24) is 30.8 Å². The summed E-state index contributed by atoms with van der Waals surface area (Å²) in [5, 5.41) is 13.1. The number of ether oxygens (including phenoxy) is 8. The molecular formula is C51H88F3N9O11. The fraction of sp³-hybridized carbons (Fsp3) is 0.784. The first-order valence-corrected chi connectivity index (χ1v) is 26.0. The zero-order chi connectivity index (χ0) is 54.5. The van der Waals surface area contributed by atoms with Crippen LogP contribution in [0.25, 0.3) is 10.9 Å². The Balaban J connectivity index is 0.000000402. The van der Waals surface area contributed by atoms with Crippen molar-refractivity contribution in [1.29, 1.82) is 0 Å². The van der Waals surface area contributed by atoms with Gasteiger partial charge in [-0.05, 0) is 98.8 Å². The lowest BCUT2D eigenvalue weighted by Crippen LogP contribution is -2.49. The molecule has 8 N–H and O–H groups in total. The monoisotopic (exact) mass is 1060 g/mol. The highest BCUT2D eigenvalue weighted by Gasteiger charge is 2.38. The number of hydrogen-bond donors (Lipinski definition) is 6. The molecule has 2 aromatic rings. The van der Waals surface area contributed by atoms with E-state index in [1.807, 2.05) is 18.7 Å². The van der Waals surface area contributed by atoms with Crippen molar-refractivity contribution in [3.8, 4) is 0 Å². The van der Waals surface area contributed by atoms with Crippen LogP contribution in [0.2, 0.25) is 0 Å². The Morgan fingerprint density at radius 2 is 1.30 bits per heavy atom. The number of aromatic nitrogens is 2. The van der Waals surface area contributed by atoms with Crippen molar-refractivity contribution < 1.29 is 65.4 Å². The maximum Gasteiger partial charge on any atom is 0.416 e. The predicted octanol–water partition coefficient (Wildman–Crippen LogP) is 3.97. The Kier molecular flexibility index (Phi) is 29.6. The van der Waals surface area contributed by atoms with E-state index in [0.717, 1.165) is 50.9 Å². The maximum absolute atomic E-state index is 13.2. The zero-order valence-corrected chi connectivity index (χ0v) is 45.0. The molecule has 0 radical (unpaired) electrons. The fourth-order valence-corrected chi connectivity index (χ4v) is 8.09. The van der Waals surface area contributed by atoms with E-state index in [0.29, 0.717) is 130 Å². The van der Waals surface area contributed by atoms with Gasteiger partial charge < -0.3 is 75.5 Å². The van der Waals surface area contributed by atoms with Crippen LogP contribution >= 0.6 is 0 Å². The number of likely N-dealkylation sites (tertiary alicyclic amines) is 1. The number of carbonyl (C=O) groups excluding carboxylic acids is 3. The van der Waals surface area contributed by atoms with E-state index in [2.05, 4.69) is 52.0 Å². The highest BCUT2D eigenvalue weighted by molar-refractivity contribution is 5.93. The van der Waals surface area contributed by atoms with Crippen molar-refractivity contribution in [2.45, 2.75) is 134 Å². The van der Waals surface area contributed by atoms with Gasteiger partial charge in [0.05, 0.1) is 121 Å². The van der Waals surface area contributed by atoms with Gasteiger partial charge in [-0.3, -0.25) is 14.4 Å². The van der Waals surface area contributed by atoms with Crippen LogP contribution in [-0.4, -0.2) is 193 Å². The number of nitrogens with two attached hydrogens (primary N) is 2. The molecule has 1 saturated carbocycles. The van der Waals surface area contributed by atoms with E-state index in [1.54, 1.807) is 13.8 Å². The number of benzene rings is 1. The number of anilines is 1. The number of fused-ring (bicyclic) bond motifs is 1. The molecule has 0 bridgehead atoms. The zero-order valence-electron chi connectivity index (χ0n) is 45.0. The molecule has 1 aromatic carbocycles. The Morgan fingerprint density at radius 3 is 1.86 bits per heavy atom. The quantitative estimate of drug-likeness (QED) is 0.0528. The number of nitrogens with zero attached hydrogens (tertiary/aromatic N) is 3. The second kappa shape index (κ2) is 34.0. The molecule has 2 fully saturated rings. The first kappa shape index (κ1) is 64.4. The average Bonchev–Trinajstić information content (AvgIpc) is 3.69. The predicted molar refractivity (Wildman–Crippen MR) is 276 cm³/mol. The molecule has 23 heteroatoms. The lowest BCUT2D eigenvalue weighted by Gasteiger charge is -2.37. The number of primary amides is 1. The average molecular weight is 1060 g/mol. The van der Waals surface area contributed by atoms with E-state index in [-0.39, 0.29) is 47.4 Å². The van der Waals surface area contributed by atoms with Gasteiger partial charge in [0.15, 0.2) is 0 Å². The lowest BCUT2D eigenvalue weighted by molar-refractivity contribution is -0.138. The summed E-state index contributed by atoms with van der Waals surface area (Å²) in [4.78, 5) is 46.3. The minimum Gasteiger partial charge on any atom is -0.379 e. The number of hydrogen-bond acceptors (Lipinski definition) is 17. The van der Waals surface area contributed by atoms with Gasteiger partial charge in [-0.15, -0.1) is 0 Å². The number of halogens is 3. The molecule has 2 heterocycles. The summed E-state index contributed by atoms with van der Waals surface area (Å²) in [6, 6.07) is 3.57. The van der Waals surface area contributed by atoms with Crippen LogP contribution in [0.4, 0.5) is 19.0 Å². The minimum absolute atomic E-state index is 0.00373. The van der Waals surface area contributed by atoms with Gasteiger partial charge in [0.2, 0.25) is 17.7 Å². The second-order valence-electron chi connectivity index (χ2n) is 20.5. The molecule has 1 unspecified atom stereocenters. The highest BCUT2D eigenvalue weighted by atomic mass is 19.4. The van der Waals surface area contributed by atoms with Crippen LogP contribution in [-0.2, 0) is 58.5 Å². The molecule has 3 amide bonds. The third-order valence-electron chi connectivity index (χ3n) is 11.7. The summed E-state index contributed by atoms with van der Waals surface area (Å²) in [6.07, 6.45) is 1.80. The summed E-state index contributed by atoms with van der Waals surface area (Å²) in [5.74, 6) is -0.268. The lowest BCUT2D eigenvalue weighted by atomic mass is 9.89. The molecule has 1 aliphatic heterocycles. The van der Waals surface area contributed by atoms with Crippen LogP contribution in [0.3, 0.4) is 0 Å². The van der Waals surface area contributed by atoms with Crippen LogP contribution in [0.5, 0.6) is 0 Å². The topological polar surface area (TPSA) is 254 Å². The molecule has 74 heavy (non-hydrogen) atoms. The first-order valence-electron chi connectivity index (χ1n) is 26.0. The van der Waals surface area contributed by atoms with E-state index < -0.39 is 34.9 Å². The molecule has 4 rings (SSSR count). The minimum atomic E-state index is -4.46. The maximum atomic E-state index is 13.2.